The third kappa shape index (κ3) is 5.69. The molecular weight excluding hydrogens is 456 g/mol. The van der Waals surface area contributed by atoms with Gasteiger partial charge in [-0.1, -0.05) is 19.1 Å². The average Bonchev–Trinajstić information content (AvgIpc) is 3.44. The lowest BCUT2D eigenvalue weighted by atomic mass is 10.1. The van der Waals surface area contributed by atoms with E-state index in [2.05, 4.69) is 15.3 Å². The van der Waals surface area contributed by atoms with Gasteiger partial charge in [0.15, 0.2) is 11.4 Å². The molecular formula is C24H28N4O7. The summed E-state index contributed by atoms with van der Waals surface area (Å²) < 4.78 is 22.1. The van der Waals surface area contributed by atoms with Crippen LogP contribution in [0.5, 0.6) is 0 Å². The summed E-state index contributed by atoms with van der Waals surface area (Å²) in [4.78, 5) is 39.8. The third-order valence-electron chi connectivity index (χ3n) is 5.39. The highest BCUT2D eigenvalue weighted by atomic mass is 16.6. The Balaban J connectivity index is 1.54. The lowest BCUT2D eigenvalue weighted by Gasteiger charge is -2.26. The number of nitrogens with one attached hydrogen (secondary N) is 1. The number of furan rings is 1. The lowest BCUT2D eigenvalue weighted by molar-refractivity contribution is 0.0342. The Bertz CT molecular complexity index is 1190. The first-order chi connectivity index (χ1) is 17.0. The quantitative estimate of drug-likeness (QED) is 0.479. The first-order valence-corrected chi connectivity index (χ1v) is 11.6. The van der Waals surface area contributed by atoms with E-state index in [4.69, 9.17) is 18.6 Å². The topological polar surface area (TPSA) is 125 Å². The van der Waals surface area contributed by atoms with Gasteiger partial charge in [0.25, 0.3) is 5.91 Å². The van der Waals surface area contributed by atoms with E-state index in [0.29, 0.717) is 12.0 Å². The molecule has 0 radical (unpaired) electrons. The van der Waals surface area contributed by atoms with Crippen LogP contribution in [0.1, 0.15) is 46.7 Å². The Morgan fingerprint density at radius 1 is 1.09 bits per heavy atom. The summed E-state index contributed by atoms with van der Waals surface area (Å²) in [6, 6.07) is 8.58. The van der Waals surface area contributed by atoms with Crippen molar-refractivity contribution in [3.05, 3.63) is 47.2 Å². The summed E-state index contributed by atoms with van der Waals surface area (Å²) in [6.07, 6.45) is -0.116. The van der Waals surface area contributed by atoms with Crippen molar-refractivity contribution in [2.24, 2.45) is 0 Å². The van der Waals surface area contributed by atoms with Gasteiger partial charge >= 0.3 is 12.1 Å². The number of anilines is 1. The predicted molar refractivity (Wildman–Crippen MR) is 125 cm³/mol. The number of carbonyl (C=O) groups is 3. The number of morpholine rings is 1. The first kappa shape index (κ1) is 24.4. The molecule has 1 aromatic carbocycles. The molecule has 186 valence electrons. The number of rotatable bonds is 8. The Kier molecular flexibility index (Phi) is 7.78. The van der Waals surface area contributed by atoms with Gasteiger partial charge in [-0.25, -0.2) is 9.59 Å². The van der Waals surface area contributed by atoms with Crippen molar-refractivity contribution in [3.63, 3.8) is 0 Å². The average molecular weight is 485 g/mol. The Hall–Kier alpha value is -3.70. The summed E-state index contributed by atoms with van der Waals surface area (Å²) in [7, 11) is 0. The van der Waals surface area contributed by atoms with Crippen LogP contribution in [0.3, 0.4) is 0 Å². The molecule has 35 heavy (non-hydrogen) atoms. The first-order valence-electron chi connectivity index (χ1n) is 11.6. The van der Waals surface area contributed by atoms with Gasteiger partial charge in [-0.15, -0.1) is 5.10 Å². The number of nitrogens with zero attached hydrogens (tertiary/aromatic N) is 3. The fourth-order valence-corrected chi connectivity index (χ4v) is 3.64. The van der Waals surface area contributed by atoms with Crippen molar-refractivity contribution in [1.82, 2.24) is 14.7 Å². The van der Waals surface area contributed by atoms with Gasteiger partial charge in [0.1, 0.15) is 5.52 Å². The highest BCUT2D eigenvalue weighted by molar-refractivity contribution is 6.08. The zero-order valence-corrected chi connectivity index (χ0v) is 19.7. The van der Waals surface area contributed by atoms with Gasteiger partial charge in [0.05, 0.1) is 26.4 Å². The molecule has 4 rings (SSSR count). The van der Waals surface area contributed by atoms with Gasteiger partial charge in [-0.2, -0.15) is 4.68 Å². The van der Waals surface area contributed by atoms with Crippen molar-refractivity contribution < 1.29 is 33.0 Å². The maximum Gasteiger partial charge on any atom is 0.435 e. The number of esters is 1. The molecule has 0 unspecified atom stereocenters. The van der Waals surface area contributed by atoms with E-state index in [1.807, 2.05) is 19.1 Å². The van der Waals surface area contributed by atoms with E-state index in [0.717, 1.165) is 43.1 Å². The molecule has 1 fully saturated rings. The van der Waals surface area contributed by atoms with Gasteiger partial charge in [-0.05, 0) is 31.0 Å². The smallest absolute Gasteiger partial charge is 0.435 e. The van der Waals surface area contributed by atoms with E-state index < -0.39 is 18.0 Å². The lowest BCUT2D eigenvalue weighted by Crippen LogP contribution is -2.35. The summed E-state index contributed by atoms with van der Waals surface area (Å²) in [5, 5.41) is 6.80. The molecule has 1 amide bonds. The summed E-state index contributed by atoms with van der Waals surface area (Å²) in [6.45, 7) is 7.85. The largest absolute Gasteiger partial charge is 0.460 e. The molecule has 3 heterocycles. The number of benzene rings is 1. The fourth-order valence-electron chi connectivity index (χ4n) is 3.64. The molecule has 11 nitrogen and oxygen atoms in total. The van der Waals surface area contributed by atoms with Crippen molar-refractivity contribution in [2.75, 3.05) is 44.8 Å². The zero-order valence-electron chi connectivity index (χ0n) is 19.7. The zero-order chi connectivity index (χ0) is 24.8. The second-order valence-electron chi connectivity index (χ2n) is 7.96. The van der Waals surface area contributed by atoms with Crippen molar-refractivity contribution in [1.29, 1.82) is 0 Å². The van der Waals surface area contributed by atoms with Crippen LogP contribution >= 0.6 is 0 Å². The Morgan fingerprint density at radius 2 is 1.83 bits per heavy atom. The maximum absolute atomic E-state index is 12.9. The van der Waals surface area contributed by atoms with Crippen LogP contribution in [-0.4, -0.2) is 72.2 Å². The number of fused-ring (bicyclic) bond motifs is 1. The van der Waals surface area contributed by atoms with Crippen LogP contribution in [-0.2, 0) is 20.8 Å². The molecule has 0 atom stereocenters. The molecule has 3 aromatic rings. The molecule has 0 saturated carbocycles. The number of hydrogen-bond donors (Lipinski definition) is 1. The van der Waals surface area contributed by atoms with Crippen LogP contribution in [0, 0.1) is 0 Å². The number of carbonyl (C=O) groups excluding carboxylic acids is 3. The monoisotopic (exact) mass is 484 g/mol. The molecule has 0 spiro atoms. The minimum atomic E-state index is -0.764. The second-order valence-corrected chi connectivity index (χ2v) is 7.96. The van der Waals surface area contributed by atoms with Gasteiger partial charge in [-0.3, -0.25) is 9.69 Å². The highest BCUT2D eigenvalue weighted by Gasteiger charge is 2.25. The summed E-state index contributed by atoms with van der Waals surface area (Å²) in [5.41, 5.74) is 1.74. The molecule has 2 aromatic heterocycles. The predicted octanol–water partition coefficient (Wildman–Crippen LogP) is 3.29. The number of hydrogen-bond acceptors (Lipinski definition) is 9. The van der Waals surface area contributed by atoms with E-state index in [1.165, 1.54) is 6.07 Å². The normalized spacial score (nSPS) is 14.1. The fraction of sp³-hybridized carbons (Fsp3) is 0.417. The van der Waals surface area contributed by atoms with Crippen LogP contribution in [0.25, 0.3) is 11.1 Å². The van der Waals surface area contributed by atoms with Crippen LogP contribution in [0.15, 0.2) is 34.7 Å². The Labute approximate surface area is 201 Å². The molecule has 0 aliphatic carbocycles. The van der Waals surface area contributed by atoms with E-state index in [9.17, 15) is 14.4 Å². The summed E-state index contributed by atoms with van der Waals surface area (Å²) >= 11 is 0. The molecule has 1 N–H and O–H groups in total. The van der Waals surface area contributed by atoms with Gasteiger partial charge in [0, 0.05) is 31.3 Å². The highest BCUT2D eigenvalue weighted by Crippen LogP contribution is 2.28. The second kappa shape index (κ2) is 11.2. The van der Waals surface area contributed by atoms with E-state index >= 15 is 0 Å². The standard InChI is InChI=1S/C24H28N4O7/c1-3-11-34-23(30)19-14-18-20(35-19)21(26-28(18)24(31)33-4-2)25-22(29)17-7-5-16(6-8-17)15-27-9-12-32-13-10-27/h5-8,14H,3-4,9-13,15H2,1-2H3,(H,25,26,29). The molecule has 1 aliphatic heterocycles. The third-order valence-corrected chi connectivity index (χ3v) is 5.39. The molecule has 11 heteroatoms. The van der Waals surface area contributed by atoms with E-state index in [1.54, 1.807) is 19.1 Å². The number of aromatic nitrogens is 2. The van der Waals surface area contributed by atoms with Crippen molar-refractivity contribution in [2.45, 2.75) is 26.8 Å². The minimum Gasteiger partial charge on any atom is -0.460 e. The van der Waals surface area contributed by atoms with Crippen LogP contribution < -0.4 is 5.32 Å². The van der Waals surface area contributed by atoms with Crippen LogP contribution in [0.4, 0.5) is 10.6 Å². The molecule has 0 bridgehead atoms. The van der Waals surface area contributed by atoms with Crippen LogP contribution in [0.2, 0.25) is 0 Å². The molecule has 1 saturated heterocycles. The van der Waals surface area contributed by atoms with Gasteiger partial charge in [0.2, 0.25) is 5.76 Å². The minimum absolute atomic E-state index is 0.00927. The SMILES string of the molecule is CCCOC(=O)c1cc2c(o1)c(NC(=O)c1ccc(CN3CCOCC3)cc1)nn2C(=O)OCC. The number of amides is 1. The van der Waals surface area contributed by atoms with E-state index in [-0.39, 0.29) is 35.9 Å². The van der Waals surface area contributed by atoms with Crippen molar-refractivity contribution >= 4 is 34.9 Å². The summed E-state index contributed by atoms with van der Waals surface area (Å²) in [5.74, 6) is -1.23. The molecule has 1 aliphatic rings. The maximum atomic E-state index is 12.9. The van der Waals surface area contributed by atoms with Crippen molar-refractivity contribution in [3.8, 4) is 0 Å². The Morgan fingerprint density at radius 3 is 2.51 bits per heavy atom. The number of ether oxygens (including phenoxy) is 3. The van der Waals surface area contributed by atoms with Gasteiger partial charge < -0.3 is 23.9 Å².